The number of nitrogens with zero attached hydrogens (tertiary/aromatic N) is 4. The quantitative estimate of drug-likeness (QED) is 0.369. The van der Waals surface area contributed by atoms with Crippen LogP contribution in [0.25, 0.3) is 33.3 Å². The van der Waals surface area contributed by atoms with Gasteiger partial charge in [0.2, 0.25) is 11.9 Å². The van der Waals surface area contributed by atoms with Gasteiger partial charge in [0.05, 0.1) is 22.1 Å². The molecule has 0 radical (unpaired) electrons. The lowest BCUT2D eigenvalue weighted by Crippen LogP contribution is -2.49. The molecule has 4 N–H and O–H groups in total. The summed E-state index contributed by atoms with van der Waals surface area (Å²) in [5.74, 6) is 1.35. The van der Waals surface area contributed by atoms with Gasteiger partial charge < -0.3 is 20.9 Å². The Hall–Kier alpha value is -3.75. The van der Waals surface area contributed by atoms with Crippen LogP contribution in [0.1, 0.15) is 39.5 Å². The molecule has 5 rings (SSSR count). The molecule has 4 aromatic heterocycles. The van der Waals surface area contributed by atoms with E-state index < -0.39 is 0 Å². The molecule has 33 heavy (non-hydrogen) atoms. The Labute approximate surface area is 191 Å². The first-order chi connectivity index (χ1) is 15.9. The van der Waals surface area contributed by atoms with E-state index in [-0.39, 0.29) is 17.5 Å². The Morgan fingerprint density at radius 3 is 2.70 bits per heavy atom. The zero-order valence-electron chi connectivity index (χ0n) is 19.1. The number of fused-ring (bicyclic) bond motifs is 2. The maximum atomic E-state index is 11.5. The minimum atomic E-state index is -0.137. The second-order valence-corrected chi connectivity index (χ2v) is 8.97. The van der Waals surface area contributed by atoms with Crippen molar-refractivity contribution in [1.82, 2.24) is 30.2 Å². The highest BCUT2D eigenvalue weighted by molar-refractivity contribution is 6.01. The van der Waals surface area contributed by atoms with Gasteiger partial charge in [0.15, 0.2) is 0 Å². The van der Waals surface area contributed by atoms with E-state index in [1.807, 2.05) is 37.5 Å². The molecule has 0 atom stereocenters. The third kappa shape index (κ3) is 4.18. The maximum absolute atomic E-state index is 11.5. The molecule has 0 aromatic carbocycles. The van der Waals surface area contributed by atoms with Crippen LogP contribution in [0.3, 0.4) is 0 Å². The average Bonchev–Trinajstić information content (AvgIpc) is 3.23. The summed E-state index contributed by atoms with van der Waals surface area (Å²) in [6, 6.07) is 8.05. The highest BCUT2D eigenvalue weighted by atomic mass is 16.1. The van der Waals surface area contributed by atoms with Crippen LogP contribution in [0, 0.1) is 0 Å². The zero-order chi connectivity index (χ0) is 23.0. The Kier molecular flexibility index (Phi) is 5.32. The molecule has 4 aromatic rings. The predicted molar refractivity (Wildman–Crippen MR) is 130 cm³/mol. The monoisotopic (exact) mass is 444 g/mol. The normalized spacial score (nSPS) is 20.6. The molecular formula is C24H28N8O. The van der Waals surface area contributed by atoms with E-state index in [0.717, 1.165) is 64.8 Å². The Bertz CT molecular complexity index is 1320. The van der Waals surface area contributed by atoms with Crippen molar-refractivity contribution < 1.29 is 4.79 Å². The minimum absolute atomic E-state index is 0.0241. The summed E-state index contributed by atoms with van der Waals surface area (Å²) in [6.07, 6.45) is 7.41. The van der Waals surface area contributed by atoms with E-state index in [1.165, 1.54) is 0 Å². The van der Waals surface area contributed by atoms with E-state index >= 15 is 0 Å². The first-order valence-electron chi connectivity index (χ1n) is 11.3. The van der Waals surface area contributed by atoms with Crippen LogP contribution in [-0.2, 0) is 4.79 Å². The van der Waals surface area contributed by atoms with Crippen LogP contribution < -0.4 is 16.0 Å². The van der Waals surface area contributed by atoms with Crippen LogP contribution in [0.2, 0.25) is 0 Å². The van der Waals surface area contributed by atoms with Crippen molar-refractivity contribution in [2.24, 2.45) is 0 Å². The van der Waals surface area contributed by atoms with E-state index in [0.29, 0.717) is 5.95 Å². The van der Waals surface area contributed by atoms with Gasteiger partial charge in [0, 0.05) is 43.5 Å². The third-order valence-electron chi connectivity index (χ3n) is 6.40. The van der Waals surface area contributed by atoms with Crippen LogP contribution in [0.4, 0.5) is 11.8 Å². The molecule has 0 saturated heterocycles. The van der Waals surface area contributed by atoms with Gasteiger partial charge >= 0.3 is 0 Å². The number of nitrogens with one attached hydrogen (secondary N) is 4. The maximum Gasteiger partial charge on any atom is 0.226 e. The number of aromatic amines is 1. The first-order valence-corrected chi connectivity index (χ1v) is 11.3. The van der Waals surface area contributed by atoms with Crippen molar-refractivity contribution in [3.05, 3.63) is 36.7 Å². The molecule has 1 saturated carbocycles. The van der Waals surface area contributed by atoms with Gasteiger partial charge in [-0.25, -0.2) is 4.98 Å². The number of anilines is 2. The Morgan fingerprint density at radius 1 is 1.12 bits per heavy atom. The molecule has 1 fully saturated rings. The lowest BCUT2D eigenvalue weighted by atomic mass is 9.81. The van der Waals surface area contributed by atoms with E-state index in [1.54, 1.807) is 13.1 Å². The van der Waals surface area contributed by atoms with Gasteiger partial charge in [0.25, 0.3) is 0 Å². The molecule has 9 nitrogen and oxygen atoms in total. The largest absolute Gasteiger partial charge is 0.372 e. The number of pyridine rings is 2. The lowest BCUT2D eigenvalue weighted by molar-refractivity contribution is -0.121. The van der Waals surface area contributed by atoms with Gasteiger partial charge in [-0.05, 0) is 56.9 Å². The highest BCUT2D eigenvalue weighted by Gasteiger charge is 2.32. The number of rotatable bonds is 5. The molecule has 0 bridgehead atoms. The number of H-pyrrole nitrogens is 1. The second kappa shape index (κ2) is 8.31. The summed E-state index contributed by atoms with van der Waals surface area (Å²) in [6.45, 7) is 3.69. The Balaban J connectivity index is 1.41. The van der Waals surface area contributed by atoms with Crippen LogP contribution >= 0.6 is 0 Å². The summed E-state index contributed by atoms with van der Waals surface area (Å²) in [7, 11) is 1.86. The fraction of sp³-hybridized carbons (Fsp3) is 0.375. The van der Waals surface area contributed by atoms with Crippen molar-refractivity contribution in [2.45, 2.75) is 51.1 Å². The van der Waals surface area contributed by atoms with Crippen molar-refractivity contribution >= 4 is 39.7 Å². The molecule has 0 aliphatic heterocycles. The summed E-state index contributed by atoms with van der Waals surface area (Å²) < 4.78 is 0. The SMILES string of the molecule is CNc1nc(NC2CCC(C)(NC(C)=O)CC2)nc2[nH]cc(-c3ccc4ncccc4n3)c12. The predicted octanol–water partition coefficient (Wildman–Crippen LogP) is 3.86. The molecule has 170 valence electrons. The third-order valence-corrected chi connectivity index (χ3v) is 6.40. The molecule has 1 aliphatic carbocycles. The highest BCUT2D eigenvalue weighted by Crippen LogP contribution is 2.34. The number of carbonyl (C=O) groups is 1. The fourth-order valence-electron chi connectivity index (χ4n) is 4.72. The molecule has 9 heteroatoms. The van der Waals surface area contributed by atoms with Crippen LogP contribution in [0.5, 0.6) is 0 Å². The number of hydrogen-bond donors (Lipinski definition) is 4. The molecule has 1 amide bonds. The Morgan fingerprint density at radius 2 is 1.94 bits per heavy atom. The van der Waals surface area contributed by atoms with Gasteiger partial charge in [-0.1, -0.05) is 0 Å². The molecule has 0 unspecified atom stereocenters. The average molecular weight is 445 g/mol. The van der Waals surface area contributed by atoms with Crippen molar-refractivity contribution in [2.75, 3.05) is 17.7 Å². The number of carbonyl (C=O) groups excluding carboxylic acids is 1. The van der Waals surface area contributed by atoms with Gasteiger partial charge in [-0.15, -0.1) is 0 Å². The molecule has 0 spiro atoms. The summed E-state index contributed by atoms with van der Waals surface area (Å²) in [5.41, 5.74) is 4.10. The second-order valence-electron chi connectivity index (χ2n) is 8.97. The van der Waals surface area contributed by atoms with Gasteiger partial charge in [-0.2, -0.15) is 9.97 Å². The summed E-state index contributed by atoms with van der Waals surface area (Å²) in [5, 5.41) is 10.7. The summed E-state index contributed by atoms with van der Waals surface area (Å²) in [4.78, 5) is 33.4. The number of amides is 1. The van der Waals surface area contributed by atoms with E-state index in [2.05, 4.69) is 32.8 Å². The van der Waals surface area contributed by atoms with Crippen molar-refractivity contribution in [3.8, 4) is 11.3 Å². The smallest absolute Gasteiger partial charge is 0.226 e. The number of aromatic nitrogens is 5. The molecule has 1 aliphatic rings. The van der Waals surface area contributed by atoms with Crippen LogP contribution in [-0.4, -0.2) is 49.5 Å². The van der Waals surface area contributed by atoms with Crippen molar-refractivity contribution in [1.29, 1.82) is 0 Å². The van der Waals surface area contributed by atoms with Crippen LogP contribution in [0.15, 0.2) is 36.7 Å². The molecular weight excluding hydrogens is 416 g/mol. The lowest BCUT2D eigenvalue weighted by Gasteiger charge is -2.38. The molecule has 4 heterocycles. The first kappa shape index (κ1) is 21.1. The van der Waals surface area contributed by atoms with E-state index in [9.17, 15) is 4.79 Å². The number of hydrogen-bond acceptors (Lipinski definition) is 7. The summed E-state index contributed by atoms with van der Waals surface area (Å²) >= 11 is 0. The zero-order valence-corrected chi connectivity index (χ0v) is 19.1. The van der Waals surface area contributed by atoms with E-state index in [4.69, 9.17) is 15.0 Å². The fourth-order valence-corrected chi connectivity index (χ4v) is 4.72. The standard InChI is InChI=1S/C24H28N8O/c1-14(33)32-24(2)10-8-15(9-11-24)28-23-30-21(25-3)20-16(13-27-22(20)31-23)17-6-7-18-19(29-17)5-4-12-26-18/h4-7,12-13,15H,8-11H2,1-3H3,(H,32,33)(H3,25,27,28,30,31). The topological polar surface area (TPSA) is 121 Å². The van der Waals surface area contributed by atoms with Crippen molar-refractivity contribution in [3.63, 3.8) is 0 Å². The van der Waals surface area contributed by atoms with Gasteiger partial charge in [-0.3, -0.25) is 9.78 Å². The van der Waals surface area contributed by atoms with Gasteiger partial charge in [0.1, 0.15) is 11.5 Å². The minimum Gasteiger partial charge on any atom is -0.372 e.